The summed E-state index contributed by atoms with van der Waals surface area (Å²) < 4.78 is 8.00. The first-order valence-corrected chi connectivity index (χ1v) is 6.95. The Kier molecular flexibility index (Phi) is 4.27. The van der Waals surface area contributed by atoms with Gasteiger partial charge in [0.05, 0.1) is 23.4 Å². The molecule has 0 amide bonds. The van der Waals surface area contributed by atoms with Crippen LogP contribution in [-0.2, 0) is 11.3 Å². The highest BCUT2D eigenvalue weighted by Gasteiger charge is 2.14. The second-order valence-electron chi connectivity index (χ2n) is 4.73. The van der Waals surface area contributed by atoms with Crippen LogP contribution < -0.4 is 0 Å². The van der Waals surface area contributed by atoms with E-state index in [1.54, 1.807) is 29.2 Å². The SMILES string of the molecule is O=C(OCCn1cccn1)c1cn(-c2cccc([N+](=O)[O-])c2)nn1. The number of non-ortho nitro benzene ring substituents is 1. The molecule has 0 bridgehead atoms. The first-order chi connectivity index (χ1) is 11.6. The molecule has 0 unspecified atom stereocenters. The fourth-order valence-electron chi connectivity index (χ4n) is 1.97. The first kappa shape index (κ1) is 15.3. The molecule has 10 heteroatoms. The Morgan fingerprint density at radius 3 is 2.96 bits per heavy atom. The molecule has 0 N–H and O–H groups in total. The third-order valence-electron chi connectivity index (χ3n) is 3.12. The highest BCUT2D eigenvalue weighted by molar-refractivity contribution is 5.86. The van der Waals surface area contributed by atoms with Gasteiger partial charge < -0.3 is 4.74 Å². The zero-order valence-electron chi connectivity index (χ0n) is 12.3. The van der Waals surface area contributed by atoms with Crippen LogP contribution in [0.5, 0.6) is 0 Å². The molecule has 3 aromatic rings. The van der Waals surface area contributed by atoms with Crippen LogP contribution in [0, 0.1) is 10.1 Å². The monoisotopic (exact) mass is 328 g/mol. The second-order valence-corrected chi connectivity index (χ2v) is 4.73. The Hall–Kier alpha value is -3.56. The zero-order valence-corrected chi connectivity index (χ0v) is 12.3. The van der Waals surface area contributed by atoms with Crippen LogP contribution in [-0.4, -0.2) is 42.3 Å². The van der Waals surface area contributed by atoms with E-state index >= 15 is 0 Å². The number of rotatable bonds is 6. The van der Waals surface area contributed by atoms with Crippen molar-refractivity contribution < 1.29 is 14.5 Å². The molecule has 3 rings (SSSR count). The lowest BCUT2D eigenvalue weighted by Crippen LogP contribution is -2.12. The molecule has 2 aromatic heterocycles. The summed E-state index contributed by atoms with van der Waals surface area (Å²) in [5, 5.41) is 22.3. The van der Waals surface area contributed by atoms with Crippen molar-refractivity contribution in [3.63, 3.8) is 0 Å². The average Bonchev–Trinajstić information content (AvgIpc) is 3.26. The maximum Gasteiger partial charge on any atom is 0.360 e. The summed E-state index contributed by atoms with van der Waals surface area (Å²) in [7, 11) is 0. The van der Waals surface area contributed by atoms with E-state index in [0.717, 1.165) is 0 Å². The Morgan fingerprint density at radius 1 is 1.33 bits per heavy atom. The number of nitro groups is 1. The van der Waals surface area contributed by atoms with Crippen molar-refractivity contribution in [3.8, 4) is 5.69 Å². The predicted octanol–water partition coefficient (Wildman–Crippen LogP) is 1.23. The third-order valence-corrected chi connectivity index (χ3v) is 3.12. The minimum absolute atomic E-state index is 0.0157. The lowest BCUT2D eigenvalue weighted by atomic mass is 10.3. The van der Waals surface area contributed by atoms with Crippen molar-refractivity contribution in [1.29, 1.82) is 0 Å². The molecule has 0 radical (unpaired) electrons. The number of nitrogens with zero attached hydrogens (tertiary/aromatic N) is 6. The molecule has 0 saturated carbocycles. The number of carbonyl (C=O) groups is 1. The van der Waals surface area contributed by atoms with Gasteiger partial charge in [0.15, 0.2) is 5.69 Å². The van der Waals surface area contributed by atoms with Gasteiger partial charge in [-0.15, -0.1) is 5.10 Å². The largest absolute Gasteiger partial charge is 0.459 e. The standard InChI is InChI=1S/C14H12N6O4/c21-14(24-8-7-18-6-2-5-15-18)13-10-19(17-16-13)11-3-1-4-12(9-11)20(22)23/h1-6,9-10H,7-8H2. The van der Waals surface area contributed by atoms with Crippen LogP contribution in [0.15, 0.2) is 48.9 Å². The Morgan fingerprint density at radius 2 is 2.21 bits per heavy atom. The average molecular weight is 328 g/mol. The first-order valence-electron chi connectivity index (χ1n) is 6.95. The van der Waals surface area contributed by atoms with Crippen molar-refractivity contribution in [2.45, 2.75) is 6.54 Å². The van der Waals surface area contributed by atoms with Gasteiger partial charge in [-0.25, -0.2) is 9.48 Å². The Bertz CT molecular complexity index is 858. The number of aromatic nitrogens is 5. The maximum absolute atomic E-state index is 11.9. The van der Waals surface area contributed by atoms with Gasteiger partial charge in [-0.1, -0.05) is 11.3 Å². The van der Waals surface area contributed by atoms with Gasteiger partial charge in [0.2, 0.25) is 0 Å². The molecule has 0 atom stereocenters. The predicted molar refractivity (Wildman–Crippen MR) is 80.5 cm³/mol. The number of hydrogen-bond acceptors (Lipinski definition) is 7. The van der Waals surface area contributed by atoms with Crippen molar-refractivity contribution in [1.82, 2.24) is 24.8 Å². The molecular formula is C14H12N6O4. The number of benzene rings is 1. The normalized spacial score (nSPS) is 10.5. The number of carbonyl (C=O) groups excluding carboxylic acids is 1. The van der Waals surface area contributed by atoms with Crippen LogP contribution in [0.2, 0.25) is 0 Å². The lowest BCUT2D eigenvalue weighted by Gasteiger charge is -2.02. The van der Waals surface area contributed by atoms with Gasteiger partial charge in [-0.3, -0.25) is 14.8 Å². The summed E-state index contributed by atoms with van der Waals surface area (Å²) in [4.78, 5) is 22.2. The number of ether oxygens (including phenoxy) is 1. The van der Waals surface area contributed by atoms with Gasteiger partial charge in [-0.05, 0) is 12.1 Å². The van der Waals surface area contributed by atoms with E-state index in [0.29, 0.717) is 12.2 Å². The minimum Gasteiger partial charge on any atom is -0.459 e. The van der Waals surface area contributed by atoms with Gasteiger partial charge in [0.25, 0.3) is 5.69 Å². The van der Waals surface area contributed by atoms with Crippen LogP contribution in [0.4, 0.5) is 5.69 Å². The lowest BCUT2D eigenvalue weighted by molar-refractivity contribution is -0.384. The van der Waals surface area contributed by atoms with E-state index in [4.69, 9.17) is 4.74 Å². The Labute approximate surface area is 135 Å². The van der Waals surface area contributed by atoms with Crippen LogP contribution in [0.25, 0.3) is 5.69 Å². The molecule has 2 heterocycles. The molecule has 0 aliphatic heterocycles. The van der Waals surface area contributed by atoms with Crippen molar-refractivity contribution in [2.75, 3.05) is 6.61 Å². The summed E-state index contributed by atoms with van der Waals surface area (Å²) in [6, 6.07) is 7.62. The summed E-state index contributed by atoms with van der Waals surface area (Å²) in [5.41, 5.74) is 0.362. The number of esters is 1. The molecule has 0 fully saturated rings. The van der Waals surface area contributed by atoms with E-state index in [2.05, 4.69) is 15.4 Å². The van der Waals surface area contributed by atoms with Crippen molar-refractivity contribution >= 4 is 11.7 Å². The molecule has 0 aliphatic rings. The smallest absolute Gasteiger partial charge is 0.360 e. The quantitative estimate of drug-likeness (QED) is 0.379. The van der Waals surface area contributed by atoms with E-state index in [9.17, 15) is 14.9 Å². The molecule has 0 spiro atoms. The fourth-order valence-corrected chi connectivity index (χ4v) is 1.97. The molecular weight excluding hydrogens is 316 g/mol. The number of nitro benzene ring substituents is 1. The van der Waals surface area contributed by atoms with E-state index in [1.807, 2.05) is 0 Å². The van der Waals surface area contributed by atoms with Crippen LogP contribution in [0.3, 0.4) is 0 Å². The molecule has 24 heavy (non-hydrogen) atoms. The van der Waals surface area contributed by atoms with E-state index < -0.39 is 10.9 Å². The highest BCUT2D eigenvalue weighted by atomic mass is 16.6. The van der Waals surface area contributed by atoms with Gasteiger partial charge >= 0.3 is 5.97 Å². The summed E-state index contributed by atoms with van der Waals surface area (Å²) in [6.07, 6.45) is 4.74. The molecule has 10 nitrogen and oxygen atoms in total. The van der Waals surface area contributed by atoms with Gasteiger partial charge in [0, 0.05) is 24.5 Å². The summed E-state index contributed by atoms with van der Waals surface area (Å²) in [5.74, 6) is -0.626. The topological polar surface area (TPSA) is 118 Å². The fraction of sp³-hybridized carbons (Fsp3) is 0.143. The van der Waals surface area contributed by atoms with Crippen LogP contribution >= 0.6 is 0 Å². The molecule has 0 saturated heterocycles. The summed E-state index contributed by atoms with van der Waals surface area (Å²) >= 11 is 0. The van der Waals surface area contributed by atoms with Crippen LogP contribution in [0.1, 0.15) is 10.5 Å². The van der Waals surface area contributed by atoms with E-state index in [1.165, 1.54) is 29.1 Å². The second kappa shape index (κ2) is 6.69. The van der Waals surface area contributed by atoms with Crippen molar-refractivity contribution in [3.05, 3.63) is 64.7 Å². The third kappa shape index (κ3) is 3.43. The van der Waals surface area contributed by atoms with Gasteiger partial charge in [-0.2, -0.15) is 5.10 Å². The zero-order chi connectivity index (χ0) is 16.9. The van der Waals surface area contributed by atoms with E-state index in [-0.39, 0.29) is 18.0 Å². The Balaban J connectivity index is 1.65. The molecule has 1 aromatic carbocycles. The molecule has 122 valence electrons. The molecule has 0 aliphatic carbocycles. The number of hydrogen-bond donors (Lipinski definition) is 0. The minimum atomic E-state index is -0.626. The van der Waals surface area contributed by atoms with Gasteiger partial charge in [0.1, 0.15) is 6.61 Å². The van der Waals surface area contributed by atoms with Crippen molar-refractivity contribution in [2.24, 2.45) is 0 Å². The highest BCUT2D eigenvalue weighted by Crippen LogP contribution is 2.16. The maximum atomic E-state index is 11.9. The summed E-state index contributed by atoms with van der Waals surface area (Å²) in [6.45, 7) is 0.571.